The summed E-state index contributed by atoms with van der Waals surface area (Å²) in [6.45, 7) is 14.5. The Kier molecular flexibility index (Phi) is 7.10. The fraction of sp³-hybridized carbons (Fsp3) is 0.519. The first-order valence-electron chi connectivity index (χ1n) is 11.2. The molecule has 0 radical (unpaired) electrons. The maximum atomic E-state index is 12.6. The number of ether oxygens (including phenoxy) is 2. The van der Waals surface area contributed by atoms with E-state index in [0.29, 0.717) is 10.9 Å². The molecule has 0 unspecified atom stereocenters. The van der Waals surface area contributed by atoms with Gasteiger partial charge in [-0.05, 0) is 80.3 Å². The Hall–Kier alpha value is -1.94. The van der Waals surface area contributed by atoms with Gasteiger partial charge in [0.05, 0.1) is 0 Å². The zero-order chi connectivity index (χ0) is 22.8. The summed E-state index contributed by atoms with van der Waals surface area (Å²) in [6, 6.07) is 12.8. The fourth-order valence-electron chi connectivity index (χ4n) is 4.07. The smallest absolute Gasteiger partial charge is 0.345 e. The first-order chi connectivity index (χ1) is 14.5. The van der Waals surface area contributed by atoms with Gasteiger partial charge in [0.25, 0.3) is 0 Å². The summed E-state index contributed by atoms with van der Waals surface area (Å²) in [5, 5.41) is 0. The maximum Gasteiger partial charge on any atom is 0.345 e. The highest BCUT2D eigenvalue weighted by molar-refractivity contribution is 7.97. The molecule has 168 valence electrons. The molecule has 31 heavy (non-hydrogen) atoms. The number of aryl methyl sites for hydroxylation is 2. The van der Waals surface area contributed by atoms with Crippen molar-refractivity contribution in [1.82, 2.24) is 0 Å². The van der Waals surface area contributed by atoms with Gasteiger partial charge in [-0.25, -0.2) is 4.79 Å². The molecule has 2 aromatic carbocycles. The van der Waals surface area contributed by atoms with Crippen LogP contribution in [0.15, 0.2) is 41.3 Å². The molecule has 0 aliphatic carbocycles. The average Bonchev–Trinajstić information content (AvgIpc) is 3.21. The normalized spacial score (nSPS) is 15.2. The summed E-state index contributed by atoms with van der Waals surface area (Å²) in [7, 11) is 0.378. The van der Waals surface area contributed by atoms with Gasteiger partial charge in [-0.3, -0.25) is 0 Å². The summed E-state index contributed by atoms with van der Waals surface area (Å²) in [5.41, 5.74) is 3.81. The van der Waals surface area contributed by atoms with Crippen LogP contribution < -0.4 is 4.74 Å². The molecular formula is C27H37O3S+. The molecular weight excluding hydrogens is 404 g/mol. The van der Waals surface area contributed by atoms with Crippen LogP contribution >= 0.6 is 0 Å². The lowest BCUT2D eigenvalue weighted by atomic mass is 9.85. The number of hydrogen-bond donors (Lipinski definition) is 0. The predicted molar refractivity (Wildman–Crippen MR) is 130 cm³/mol. The summed E-state index contributed by atoms with van der Waals surface area (Å²) >= 11 is 0. The van der Waals surface area contributed by atoms with Crippen LogP contribution in [0.3, 0.4) is 0 Å². The number of esters is 1. The molecule has 2 aromatic rings. The van der Waals surface area contributed by atoms with E-state index in [0.717, 1.165) is 22.4 Å². The van der Waals surface area contributed by atoms with Gasteiger partial charge < -0.3 is 9.47 Å². The van der Waals surface area contributed by atoms with Gasteiger partial charge in [-0.1, -0.05) is 45.0 Å². The molecule has 0 N–H and O–H groups in total. The molecule has 1 aliphatic heterocycles. The van der Waals surface area contributed by atoms with Crippen molar-refractivity contribution in [1.29, 1.82) is 0 Å². The van der Waals surface area contributed by atoms with Crippen LogP contribution in [0.1, 0.15) is 69.7 Å². The third-order valence-corrected chi connectivity index (χ3v) is 8.41. The summed E-state index contributed by atoms with van der Waals surface area (Å²) < 4.78 is 11.7. The lowest BCUT2D eigenvalue weighted by molar-refractivity contribution is -0.159. The Morgan fingerprint density at radius 3 is 1.94 bits per heavy atom. The predicted octanol–water partition coefficient (Wildman–Crippen LogP) is 6.23. The van der Waals surface area contributed by atoms with Crippen LogP contribution in [0, 0.1) is 13.8 Å². The largest absolute Gasteiger partial charge is 0.481 e. The highest BCUT2D eigenvalue weighted by Gasteiger charge is 2.29. The van der Waals surface area contributed by atoms with E-state index < -0.39 is 5.60 Å². The molecule has 0 saturated carbocycles. The minimum Gasteiger partial charge on any atom is -0.481 e. The third kappa shape index (κ3) is 5.85. The van der Waals surface area contributed by atoms with Gasteiger partial charge in [-0.15, -0.1) is 0 Å². The quantitative estimate of drug-likeness (QED) is 0.394. The van der Waals surface area contributed by atoms with Gasteiger partial charge in [-0.2, -0.15) is 0 Å². The second-order valence-electron chi connectivity index (χ2n) is 10.1. The summed E-state index contributed by atoms with van der Waals surface area (Å²) in [5.74, 6) is 3.05. The lowest BCUT2D eigenvalue weighted by Gasteiger charge is -2.27. The van der Waals surface area contributed by atoms with Gasteiger partial charge in [0, 0.05) is 10.9 Å². The number of carbonyl (C=O) groups is 1. The van der Waals surface area contributed by atoms with Crippen molar-refractivity contribution >= 4 is 16.9 Å². The van der Waals surface area contributed by atoms with E-state index in [1.807, 2.05) is 26.0 Å². The Balaban J connectivity index is 1.63. The highest BCUT2D eigenvalue weighted by atomic mass is 32.2. The molecule has 0 atom stereocenters. The van der Waals surface area contributed by atoms with Crippen LogP contribution in [0.2, 0.25) is 0 Å². The SMILES string of the molecule is Cc1cc([S+]2CCCC2)cc(C)c1OCC(=O)OC(C)(C)c1ccc(C(C)(C)C)cc1. The van der Waals surface area contributed by atoms with Crippen molar-refractivity contribution in [2.45, 2.75) is 77.2 Å². The topological polar surface area (TPSA) is 35.5 Å². The van der Waals surface area contributed by atoms with Crippen LogP contribution in [-0.4, -0.2) is 24.1 Å². The molecule has 1 saturated heterocycles. The van der Waals surface area contributed by atoms with Gasteiger partial charge in [0.1, 0.15) is 22.9 Å². The number of rotatable bonds is 6. The summed E-state index contributed by atoms with van der Waals surface area (Å²) in [4.78, 5) is 14.0. The Labute approximate surface area is 190 Å². The molecule has 0 amide bonds. The Morgan fingerprint density at radius 2 is 1.42 bits per heavy atom. The molecule has 4 heteroatoms. The molecule has 1 aliphatic rings. The number of carbonyl (C=O) groups excluding carboxylic acids is 1. The van der Waals surface area contributed by atoms with Gasteiger partial charge >= 0.3 is 5.97 Å². The van der Waals surface area contributed by atoms with Gasteiger partial charge in [0.15, 0.2) is 11.5 Å². The molecule has 3 nitrogen and oxygen atoms in total. The van der Waals surface area contributed by atoms with E-state index in [1.54, 1.807) is 0 Å². The van der Waals surface area contributed by atoms with Crippen molar-refractivity contribution in [3.05, 3.63) is 58.7 Å². The zero-order valence-corrected chi connectivity index (χ0v) is 20.9. The summed E-state index contributed by atoms with van der Waals surface area (Å²) in [6.07, 6.45) is 2.67. The molecule has 1 heterocycles. The number of benzene rings is 2. The first kappa shape index (κ1) is 23.7. The van der Waals surface area contributed by atoms with Crippen LogP contribution in [0.25, 0.3) is 0 Å². The van der Waals surface area contributed by atoms with E-state index in [1.165, 1.54) is 34.8 Å². The van der Waals surface area contributed by atoms with Crippen molar-refractivity contribution in [3.8, 4) is 5.75 Å². The van der Waals surface area contributed by atoms with Crippen LogP contribution in [-0.2, 0) is 31.4 Å². The maximum absolute atomic E-state index is 12.6. The second kappa shape index (κ2) is 9.28. The third-order valence-electron chi connectivity index (χ3n) is 5.95. The molecule has 1 fully saturated rings. The average molecular weight is 442 g/mol. The van der Waals surface area contributed by atoms with E-state index >= 15 is 0 Å². The molecule has 0 bridgehead atoms. The minimum atomic E-state index is -0.714. The molecule has 0 aromatic heterocycles. The van der Waals surface area contributed by atoms with E-state index in [4.69, 9.17) is 9.47 Å². The fourth-order valence-corrected chi connectivity index (χ4v) is 6.54. The standard InChI is InChI=1S/C27H37O3S/c1-19-16-23(31-14-8-9-15-31)17-20(2)25(19)29-18-24(28)30-27(6,7)22-12-10-21(11-13-22)26(3,4)5/h10-13,16-17H,8-9,14-15,18H2,1-7H3/q+1. The van der Waals surface area contributed by atoms with Crippen molar-refractivity contribution in [2.75, 3.05) is 18.1 Å². The first-order valence-corrected chi connectivity index (χ1v) is 12.8. The molecule has 0 spiro atoms. The van der Waals surface area contributed by atoms with Crippen molar-refractivity contribution in [3.63, 3.8) is 0 Å². The Bertz CT molecular complexity index is 893. The molecule has 3 rings (SSSR count). The zero-order valence-electron chi connectivity index (χ0n) is 20.1. The second-order valence-corrected chi connectivity index (χ2v) is 12.4. The minimum absolute atomic E-state index is 0.0871. The van der Waals surface area contributed by atoms with E-state index in [2.05, 4.69) is 58.9 Å². The van der Waals surface area contributed by atoms with Crippen LogP contribution in [0.4, 0.5) is 0 Å². The van der Waals surface area contributed by atoms with Gasteiger partial charge in [0.2, 0.25) is 0 Å². The van der Waals surface area contributed by atoms with E-state index in [9.17, 15) is 4.79 Å². The number of hydrogen-bond acceptors (Lipinski definition) is 3. The van der Waals surface area contributed by atoms with Crippen LogP contribution in [0.5, 0.6) is 5.75 Å². The van der Waals surface area contributed by atoms with Crippen molar-refractivity contribution < 1.29 is 14.3 Å². The van der Waals surface area contributed by atoms with Crippen molar-refractivity contribution in [2.24, 2.45) is 0 Å². The monoisotopic (exact) mass is 441 g/mol. The van der Waals surface area contributed by atoms with E-state index in [-0.39, 0.29) is 18.0 Å². The Morgan fingerprint density at radius 1 is 0.903 bits per heavy atom. The highest BCUT2D eigenvalue weighted by Crippen LogP contribution is 2.32. The lowest BCUT2D eigenvalue weighted by Crippen LogP contribution is -2.29.